The molecule has 2 rings (SSSR count). The molecule has 4 heteroatoms. The fraction of sp³-hybridized carbons (Fsp3) is 0.400. The Balaban J connectivity index is 1.87. The molecule has 0 saturated carbocycles. The normalized spacial score (nSPS) is 10.7. The Bertz CT molecular complexity index is 623. The zero-order valence-corrected chi connectivity index (χ0v) is 14.7. The maximum atomic E-state index is 5.86. The summed E-state index contributed by atoms with van der Waals surface area (Å²) in [6.45, 7) is 5.89. The molecule has 0 unspecified atom stereocenters. The molecule has 0 radical (unpaired) electrons. The van der Waals surface area contributed by atoms with Crippen LogP contribution >= 0.6 is 0 Å². The lowest BCUT2D eigenvalue weighted by molar-refractivity contribution is 0.215. The topological polar surface area (TPSA) is 53.7 Å². The average molecular weight is 329 g/mol. The first-order chi connectivity index (χ1) is 11.6. The van der Waals surface area contributed by atoms with Gasteiger partial charge >= 0.3 is 0 Å². The highest BCUT2D eigenvalue weighted by molar-refractivity contribution is 5.41. The molecule has 0 saturated heterocycles. The van der Waals surface area contributed by atoms with Crippen molar-refractivity contribution < 1.29 is 14.2 Å². The van der Waals surface area contributed by atoms with E-state index in [0.717, 1.165) is 29.2 Å². The van der Waals surface area contributed by atoms with Crippen LogP contribution in [0.1, 0.15) is 30.9 Å². The van der Waals surface area contributed by atoms with Gasteiger partial charge in [0.1, 0.15) is 30.5 Å². The van der Waals surface area contributed by atoms with E-state index in [-0.39, 0.29) is 0 Å². The molecule has 0 atom stereocenters. The van der Waals surface area contributed by atoms with Crippen molar-refractivity contribution in [2.45, 2.75) is 26.2 Å². The van der Waals surface area contributed by atoms with E-state index in [2.05, 4.69) is 26.0 Å². The van der Waals surface area contributed by atoms with Gasteiger partial charge in [0.25, 0.3) is 0 Å². The molecule has 2 N–H and O–H groups in total. The molecule has 0 aliphatic carbocycles. The molecule has 130 valence electrons. The summed E-state index contributed by atoms with van der Waals surface area (Å²) >= 11 is 0. The van der Waals surface area contributed by atoms with Crippen LogP contribution in [0.3, 0.4) is 0 Å². The van der Waals surface area contributed by atoms with Crippen LogP contribution in [0.4, 0.5) is 0 Å². The van der Waals surface area contributed by atoms with Gasteiger partial charge in [-0.2, -0.15) is 0 Å². The molecule has 4 nitrogen and oxygen atoms in total. The smallest absolute Gasteiger partial charge is 0.126 e. The van der Waals surface area contributed by atoms with E-state index in [4.69, 9.17) is 19.9 Å². The van der Waals surface area contributed by atoms with Gasteiger partial charge in [-0.15, -0.1) is 0 Å². The Hall–Kier alpha value is -2.20. The van der Waals surface area contributed by atoms with Gasteiger partial charge in [-0.25, -0.2) is 0 Å². The number of rotatable bonds is 9. The zero-order chi connectivity index (χ0) is 17.4. The summed E-state index contributed by atoms with van der Waals surface area (Å²) in [5.41, 5.74) is 8.04. The summed E-state index contributed by atoms with van der Waals surface area (Å²) in [6.07, 6.45) is 0.775. The van der Waals surface area contributed by atoms with Crippen molar-refractivity contribution in [2.24, 2.45) is 5.73 Å². The predicted octanol–water partition coefficient (Wildman–Crippen LogP) is 3.78. The highest BCUT2D eigenvalue weighted by atomic mass is 16.5. The highest BCUT2D eigenvalue weighted by Crippen LogP contribution is 2.25. The van der Waals surface area contributed by atoms with Gasteiger partial charge in [0.15, 0.2) is 0 Å². The second-order valence-electron chi connectivity index (χ2n) is 5.93. The molecule has 2 aromatic rings. The van der Waals surface area contributed by atoms with E-state index in [0.29, 0.717) is 25.7 Å². The molecule has 2 aromatic carbocycles. The van der Waals surface area contributed by atoms with Gasteiger partial charge in [-0.05, 0) is 48.2 Å². The van der Waals surface area contributed by atoms with Crippen molar-refractivity contribution >= 4 is 0 Å². The van der Waals surface area contributed by atoms with Gasteiger partial charge in [-0.3, -0.25) is 0 Å². The van der Waals surface area contributed by atoms with E-state index in [1.807, 2.05) is 30.3 Å². The third-order valence-electron chi connectivity index (χ3n) is 3.84. The Morgan fingerprint density at radius 1 is 0.917 bits per heavy atom. The number of hydrogen-bond donors (Lipinski definition) is 1. The highest BCUT2D eigenvalue weighted by Gasteiger charge is 2.06. The first-order valence-corrected chi connectivity index (χ1v) is 8.36. The summed E-state index contributed by atoms with van der Waals surface area (Å²) in [6, 6.07) is 14.0. The van der Waals surface area contributed by atoms with Gasteiger partial charge < -0.3 is 19.9 Å². The molecule has 0 bridgehead atoms. The van der Waals surface area contributed by atoms with Gasteiger partial charge in [0.05, 0.1) is 7.11 Å². The van der Waals surface area contributed by atoms with Crippen LogP contribution in [0.25, 0.3) is 0 Å². The Kier molecular flexibility index (Phi) is 6.94. The zero-order valence-electron chi connectivity index (χ0n) is 14.7. The minimum absolute atomic E-state index is 0.469. The molecule has 0 spiro atoms. The SMILES string of the molecule is COc1ccc(CCN)c(OCCOc2ccc(C(C)C)cc2)c1. The first-order valence-electron chi connectivity index (χ1n) is 8.36. The molecular formula is C20H27NO3. The van der Waals surface area contributed by atoms with Crippen LogP contribution in [-0.2, 0) is 6.42 Å². The van der Waals surface area contributed by atoms with Crippen LogP contribution in [0, 0.1) is 0 Å². The van der Waals surface area contributed by atoms with Crippen LogP contribution in [0.2, 0.25) is 0 Å². The summed E-state index contributed by atoms with van der Waals surface area (Å²) in [5, 5.41) is 0. The summed E-state index contributed by atoms with van der Waals surface area (Å²) in [4.78, 5) is 0. The van der Waals surface area contributed by atoms with E-state index < -0.39 is 0 Å². The van der Waals surface area contributed by atoms with Crippen molar-refractivity contribution in [3.63, 3.8) is 0 Å². The number of hydrogen-bond acceptors (Lipinski definition) is 4. The standard InChI is InChI=1S/C20H27NO3/c1-15(2)16-4-7-18(8-5-16)23-12-13-24-20-14-19(22-3)9-6-17(20)10-11-21/h4-9,14-15H,10-13,21H2,1-3H3. The Morgan fingerprint density at radius 2 is 1.58 bits per heavy atom. The number of methoxy groups -OCH3 is 1. The molecular weight excluding hydrogens is 302 g/mol. The van der Waals surface area contributed by atoms with Gasteiger partial charge in [0, 0.05) is 6.07 Å². The van der Waals surface area contributed by atoms with E-state index in [1.165, 1.54) is 5.56 Å². The van der Waals surface area contributed by atoms with Crippen LogP contribution in [0.5, 0.6) is 17.2 Å². The summed E-state index contributed by atoms with van der Waals surface area (Å²) < 4.78 is 16.8. The first kappa shape index (κ1) is 18.1. The monoisotopic (exact) mass is 329 g/mol. The molecule has 0 fully saturated rings. The van der Waals surface area contributed by atoms with E-state index >= 15 is 0 Å². The Labute approximate surface area is 144 Å². The molecule has 0 aliphatic rings. The second-order valence-corrected chi connectivity index (χ2v) is 5.93. The number of ether oxygens (including phenoxy) is 3. The average Bonchev–Trinajstić information content (AvgIpc) is 2.60. The predicted molar refractivity (Wildman–Crippen MR) is 97.3 cm³/mol. The maximum Gasteiger partial charge on any atom is 0.126 e. The van der Waals surface area contributed by atoms with Crippen LogP contribution in [0.15, 0.2) is 42.5 Å². The number of nitrogens with two attached hydrogens (primary N) is 1. The lowest BCUT2D eigenvalue weighted by Gasteiger charge is -2.13. The maximum absolute atomic E-state index is 5.86. The third-order valence-corrected chi connectivity index (χ3v) is 3.84. The van der Waals surface area contributed by atoms with Crippen molar-refractivity contribution in [1.29, 1.82) is 0 Å². The lowest BCUT2D eigenvalue weighted by atomic mass is 10.0. The van der Waals surface area contributed by atoms with E-state index in [9.17, 15) is 0 Å². The summed E-state index contributed by atoms with van der Waals surface area (Å²) in [7, 11) is 1.64. The fourth-order valence-electron chi connectivity index (χ4n) is 2.42. The molecule has 0 aromatic heterocycles. The Morgan fingerprint density at radius 3 is 2.21 bits per heavy atom. The minimum Gasteiger partial charge on any atom is -0.497 e. The number of benzene rings is 2. The lowest BCUT2D eigenvalue weighted by Crippen LogP contribution is -2.11. The quantitative estimate of drug-likeness (QED) is 0.711. The molecule has 0 heterocycles. The van der Waals surface area contributed by atoms with Crippen LogP contribution in [-0.4, -0.2) is 26.9 Å². The van der Waals surface area contributed by atoms with Crippen molar-refractivity contribution in [3.05, 3.63) is 53.6 Å². The van der Waals surface area contributed by atoms with Crippen molar-refractivity contribution in [2.75, 3.05) is 26.9 Å². The van der Waals surface area contributed by atoms with Crippen molar-refractivity contribution in [1.82, 2.24) is 0 Å². The largest absolute Gasteiger partial charge is 0.497 e. The third kappa shape index (κ3) is 5.17. The second kappa shape index (κ2) is 9.18. The molecule has 0 amide bonds. The minimum atomic E-state index is 0.469. The van der Waals surface area contributed by atoms with Gasteiger partial charge in [0.2, 0.25) is 0 Å². The molecule has 0 aliphatic heterocycles. The molecule has 24 heavy (non-hydrogen) atoms. The summed E-state index contributed by atoms with van der Waals surface area (Å²) in [5.74, 6) is 2.96. The van der Waals surface area contributed by atoms with Gasteiger partial charge in [-0.1, -0.05) is 32.0 Å². The van der Waals surface area contributed by atoms with Crippen LogP contribution < -0.4 is 19.9 Å². The van der Waals surface area contributed by atoms with E-state index in [1.54, 1.807) is 7.11 Å². The fourth-order valence-corrected chi connectivity index (χ4v) is 2.42. The van der Waals surface area contributed by atoms with Crippen molar-refractivity contribution in [3.8, 4) is 17.2 Å².